The van der Waals surface area contributed by atoms with Gasteiger partial charge < -0.3 is 10.2 Å². The minimum Gasteiger partial charge on any atom is -0.398 e. The Morgan fingerprint density at radius 1 is 1.27 bits per heavy atom. The van der Waals surface area contributed by atoms with Crippen molar-refractivity contribution in [2.75, 3.05) is 7.11 Å². The van der Waals surface area contributed by atoms with Gasteiger partial charge in [-0.05, 0) is 37.0 Å². The lowest BCUT2D eigenvalue weighted by Crippen LogP contribution is -2.19. The van der Waals surface area contributed by atoms with Crippen LogP contribution in [0.25, 0.3) is 0 Å². The number of carbonyl (C=O) groups is 1. The van der Waals surface area contributed by atoms with E-state index in [9.17, 15) is 4.79 Å². The molecule has 2 rings (SSSR count). The maximum Gasteiger partial charge on any atom is 0.249 e. The third kappa shape index (κ3) is 5.98. The Hall–Kier alpha value is -3.28. The first kappa shape index (κ1) is 19.1. The molecule has 6 nitrogen and oxygen atoms in total. The molecule has 0 spiro atoms. The van der Waals surface area contributed by atoms with Gasteiger partial charge in [-0.15, -0.1) is 0 Å². The summed E-state index contributed by atoms with van der Waals surface area (Å²) in [7, 11) is 1.41. The molecule has 134 valence electrons. The van der Waals surface area contributed by atoms with Gasteiger partial charge in [-0.1, -0.05) is 53.2 Å². The second kappa shape index (κ2) is 9.88. The Balaban J connectivity index is 2.08. The summed E-state index contributed by atoms with van der Waals surface area (Å²) < 4.78 is 0. The highest BCUT2D eigenvalue weighted by Gasteiger charge is 2.07. The van der Waals surface area contributed by atoms with Gasteiger partial charge >= 0.3 is 0 Å². The number of hydrogen-bond acceptors (Lipinski definition) is 5. The molecule has 0 fully saturated rings. The molecule has 6 heteroatoms. The molecule has 0 saturated heterocycles. The van der Waals surface area contributed by atoms with Gasteiger partial charge in [-0.25, -0.2) is 0 Å². The Morgan fingerprint density at radius 3 is 2.77 bits per heavy atom. The van der Waals surface area contributed by atoms with Gasteiger partial charge in [-0.2, -0.15) is 10.2 Å². The Bertz CT molecular complexity index is 813. The number of allylic oxidation sites excluding steroid dienone is 5. The molecule has 1 amide bonds. The zero-order valence-electron chi connectivity index (χ0n) is 15.1. The minimum absolute atomic E-state index is 0.283. The predicted molar refractivity (Wildman–Crippen MR) is 105 cm³/mol. The van der Waals surface area contributed by atoms with Crippen LogP contribution >= 0.6 is 0 Å². The minimum atomic E-state index is -0.283. The Kier molecular flexibility index (Phi) is 7.24. The summed E-state index contributed by atoms with van der Waals surface area (Å²) in [5.41, 5.74) is 4.74. The molecule has 0 aromatic heterocycles. The molecule has 1 N–H and O–H groups in total. The smallest absolute Gasteiger partial charge is 0.249 e. The standard InChI is InChI=1S/C20H22N4O2/c1-15-8-10-17(11-9-15)16(2)24-22-13-19-7-5-4-6-18(19)12-20(25)21-14-23-26-3/h4-5,7-14H,6H2,1-3H3,(H,21,23,25). The number of rotatable bonds is 6. The first-order valence-electron chi connectivity index (χ1n) is 8.18. The highest BCUT2D eigenvalue weighted by Crippen LogP contribution is 2.18. The van der Waals surface area contributed by atoms with Gasteiger partial charge in [0.25, 0.3) is 0 Å². The highest BCUT2D eigenvalue weighted by molar-refractivity contribution is 6.00. The number of hydrogen-bond donors (Lipinski definition) is 1. The number of oxime groups is 1. The molecular formula is C20H22N4O2. The summed E-state index contributed by atoms with van der Waals surface area (Å²) in [6.07, 6.45) is 10.8. The zero-order chi connectivity index (χ0) is 18.8. The Morgan fingerprint density at radius 2 is 2.04 bits per heavy atom. The second-order valence-electron chi connectivity index (χ2n) is 5.65. The van der Waals surface area contributed by atoms with E-state index in [2.05, 4.69) is 25.5 Å². The van der Waals surface area contributed by atoms with Crippen molar-refractivity contribution in [3.05, 3.63) is 70.8 Å². The fraction of sp³-hybridized carbons (Fsp3) is 0.200. The van der Waals surface area contributed by atoms with Crippen LogP contribution in [-0.4, -0.2) is 31.3 Å². The zero-order valence-corrected chi connectivity index (χ0v) is 15.1. The number of amides is 1. The van der Waals surface area contributed by atoms with Crippen molar-refractivity contribution in [3.63, 3.8) is 0 Å². The first-order valence-corrected chi connectivity index (χ1v) is 8.18. The van der Waals surface area contributed by atoms with E-state index in [1.165, 1.54) is 25.1 Å². The SMILES string of the molecule is CON=CNC(=O)C=C1CC=CC=C1C=NN=C(C)c1ccc(C)cc1. The van der Waals surface area contributed by atoms with E-state index in [0.717, 1.165) is 22.4 Å². The van der Waals surface area contributed by atoms with Crippen molar-refractivity contribution in [3.8, 4) is 0 Å². The Labute approximate surface area is 153 Å². The van der Waals surface area contributed by atoms with Gasteiger partial charge in [0, 0.05) is 6.08 Å². The molecule has 0 atom stereocenters. The molecule has 0 unspecified atom stereocenters. The lowest BCUT2D eigenvalue weighted by atomic mass is 9.98. The largest absolute Gasteiger partial charge is 0.398 e. The molecule has 0 heterocycles. The molecule has 1 aromatic rings. The van der Waals surface area contributed by atoms with Gasteiger partial charge in [0.1, 0.15) is 13.4 Å². The topological polar surface area (TPSA) is 75.4 Å². The van der Waals surface area contributed by atoms with Crippen molar-refractivity contribution in [1.29, 1.82) is 0 Å². The van der Waals surface area contributed by atoms with E-state index in [0.29, 0.717) is 6.42 Å². The molecule has 1 aliphatic rings. The van der Waals surface area contributed by atoms with Gasteiger partial charge in [0.15, 0.2) is 0 Å². The van der Waals surface area contributed by atoms with Crippen molar-refractivity contribution in [1.82, 2.24) is 5.32 Å². The number of benzene rings is 1. The number of carbonyl (C=O) groups excluding carboxylic acids is 1. The second-order valence-corrected chi connectivity index (χ2v) is 5.65. The van der Waals surface area contributed by atoms with Crippen LogP contribution in [0.4, 0.5) is 0 Å². The summed E-state index contributed by atoms with van der Waals surface area (Å²) in [6.45, 7) is 3.96. The van der Waals surface area contributed by atoms with Crippen LogP contribution in [0, 0.1) is 6.92 Å². The van der Waals surface area contributed by atoms with Gasteiger partial charge in [0.05, 0.1) is 11.9 Å². The third-order valence-electron chi connectivity index (χ3n) is 3.66. The van der Waals surface area contributed by atoms with Crippen LogP contribution in [0.1, 0.15) is 24.5 Å². The average molecular weight is 350 g/mol. The van der Waals surface area contributed by atoms with E-state index in [-0.39, 0.29) is 5.91 Å². The fourth-order valence-electron chi connectivity index (χ4n) is 2.23. The summed E-state index contributed by atoms with van der Waals surface area (Å²) in [5.74, 6) is -0.283. The van der Waals surface area contributed by atoms with Crippen molar-refractivity contribution >= 4 is 24.2 Å². The van der Waals surface area contributed by atoms with E-state index >= 15 is 0 Å². The van der Waals surface area contributed by atoms with E-state index < -0.39 is 0 Å². The molecule has 26 heavy (non-hydrogen) atoms. The maximum atomic E-state index is 11.9. The lowest BCUT2D eigenvalue weighted by molar-refractivity contribution is -0.115. The summed E-state index contributed by atoms with van der Waals surface area (Å²) in [6, 6.07) is 8.12. The van der Waals surface area contributed by atoms with Crippen molar-refractivity contribution in [2.24, 2.45) is 15.4 Å². The molecule has 0 bridgehead atoms. The molecule has 0 radical (unpaired) electrons. The summed E-state index contributed by atoms with van der Waals surface area (Å²) in [4.78, 5) is 16.4. The van der Waals surface area contributed by atoms with Gasteiger partial charge in [-0.3, -0.25) is 4.79 Å². The van der Waals surface area contributed by atoms with E-state index in [4.69, 9.17) is 0 Å². The fourth-order valence-corrected chi connectivity index (χ4v) is 2.23. The number of nitrogens with zero attached hydrogens (tertiary/aromatic N) is 3. The molecule has 0 saturated carbocycles. The summed E-state index contributed by atoms with van der Waals surface area (Å²) >= 11 is 0. The lowest BCUT2D eigenvalue weighted by Gasteiger charge is -2.08. The van der Waals surface area contributed by atoms with Crippen LogP contribution in [0.5, 0.6) is 0 Å². The normalized spacial score (nSPS) is 16.3. The quantitative estimate of drug-likeness (QED) is 0.370. The molecular weight excluding hydrogens is 328 g/mol. The van der Waals surface area contributed by atoms with Crippen LogP contribution in [-0.2, 0) is 9.63 Å². The average Bonchev–Trinajstić information content (AvgIpc) is 2.64. The maximum absolute atomic E-state index is 11.9. The van der Waals surface area contributed by atoms with Crippen LogP contribution < -0.4 is 5.32 Å². The van der Waals surface area contributed by atoms with Crippen molar-refractivity contribution in [2.45, 2.75) is 20.3 Å². The molecule has 1 aromatic carbocycles. The predicted octanol–water partition coefficient (Wildman–Crippen LogP) is 3.31. The van der Waals surface area contributed by atoms with Crippen molar-refractivity contribution < 1.29 is 9.63 Å². The molecule has 1 aliphatic carbocycles. The first-order chi connectivity index (χ1) is 12.6. The highest BCUT2D eigenvalue weighted by atomic mass is 16.6. The molecule has 0 aliphatic heterocycles. The van der Waals surface area contributed by atoms with Gasteiger partial charge in [0.2, 0.25) is 5.91 Å². The van der Waals surface area contributed by atoms with E-state index in [1.807, 2.05) is 56.3 Å². The third-order valence-corrected chi connectivity index (χ3v) is 3.66. The van der Waals surface area contributed by atoms with Crippen LogP contribution in [0.2, 0.25) is 0 Å². The number of aryl methyl sites for hydroxylation is 1. The monoisotopic (exact) mass is 350 g/mol. The number of nitrogens with one attached hydrogen (secondary N) is 1. The van der Waals surface area contributed by atoms with E-state index in [1.54, 1.807) is 6.21 Å². The van der Waals surface area contributed by atoms with Crippen LogP contribution in [0.15, 0.2) is 75.1 Å². The summed E-state index contributed by atoms with van der Waals surface area (Å²) in [5, 5.41) is 14.4. The van der Waals surface area contributed by atoms with Crippen LogP contribution in [0.3, 0.4) is 0 Å².